The molecule has 4 nitrogen and oxygen atoms in total. The highest BCUT2D eigenvalue weighted by Crippen LogP contribution is 2.39. The first kappa shape index (κ1) is 39.3. The Hall–Kier alpha value is -5.87. The summed E-state index contributed by atoms with van der Waals surface area (Å²) in [6.45, 7) is 0. The van der Waals surface area contributed by atoms with Crippen LogP contribution in [0.4, 0.5) is 0 Å². The van der Waals surface area contributed by atoms with Crippen LogP contribution in [0.15, 0.2) is 95.4 Å². The third kappa shape index (κ3) is 5.96. The van der Waals surface area contributed by atoms with Crippen molar-refractivity contribution in [1.29, 1.82) is 0 Å². The zero-order chi connectivity index (χ0) is 42.8. The van der Waals surface area contributed by atoms with Crippen LogP contribution in [0.1, 0.15) is 0 Å². The van der Waals surface area contributed by atoms with E-state index in [0.29, 0.717) is 17.5 Å². The molecule has 0 aliphatic rings. The molecular formula is C45H39B12N3O. The van der Waals surface area contributed by atoms with Crippen molar-refractivity contribution in [1.82, 2.24) is 15.0 Å². The summed E-state index contributed by atoms with van der Waals surface area (Å²) in [7, 11) is 26.8. The number of furan rings is 1. The van der Waals surface area contributed by atoms with Crippen LogP contribution in [-0.2, 0) is 0 Å². The molecule has 0 radical (unpaired) electrons. The van der Waals surface area contributed by atoms with Crippen molar-refractivity contribution in [3.63, 3.8) is 0 Å². The minimum Gasteiger partial charge on any atom is -0.455 e. The van der Waals surface area contributed by atoms with Crippen molar-refractivity contribution < 1.29 is 4.42 Å². The van der Waals surface area contributed by atoms with Gasteiger partial charge in [-0.2, -0.15) is 0 Å². The molecule has 0 saturated carbocycles. The first-order chi connectivity index (χ1) is 29.2. The van der Waals surface area contributed by atoms with E-state index in [1.54, 1.807) is 0 Å². The fourth-order valence-electron chi connectivity index (χ4n) is 10.2. The summed E-state index contributed by atoms with van der Waals surface area (Å²) in [5.41, 5.74) is 22.4. The SMILES string of the molecule is Bc1cc2c(cc1B)c1c(B)c(B)cc(B)c1c1c(B)c(-c3cccc4c3oc3ccc(-c5nc(-c6ccccc6)nc(-c6c(B)c(B)c(B)c(B)c6B)n5)cc34)c(B)cc21. The molecule has 61 heavy (non-hydrogen) atoms. The average molecular weight is 768 g/mol. The molecule has 2 aromatic heterocycles. The predicted octanol–water partition coefficient (Wildman–Crippen LogP) is -9.00. The van der Waals surface area contributed by atoms with Gasteiger partial charge in [0.25, 0.3) is 0 Å². The van der Waals surface area contributed by atoms with E-state index in [1.807, 2.05) is 18.2 Å². The summed E-state index contributed by atoms with van der Waals surface area (Å²) in [5, 5.41) is 10.1. The van der Waals surface area contributed by atoms with Crippen LogP contribution < -0.4 is 65.6 Å². The lowest BCUT2D eigenvalue weighted by Crippen LogP contribution is -2.55. The molecule has 0 amide bonds. The van der Waals surface area contributed by atoms with E-state index in [-0.39, 0.29) is 0 Å². The van der Waals surface area contributed by atoms with E-state index in [4.69, 9.17) is 19.4 Å². The maximum Gasteiger partial charge on any atom is 0.164 e. The Morgan fingerprint density at radius 3 is 1.62 bits per heavy atom. The summed E-state index contributed by atoms with van der Waals surface area (Å²) in [6, 6.07) is 32.8. The zero-order valence-corrected chi connectivity index (χ0v) is 37.4. The second kappa shape index (κ2) is 14.4. The van der Waals surface area contributed by atoms with Crippen molar-refractivity contribution in [3.8, 4) is 45.3 Å². The lowest BCUT2D eigenvalue weighted by atomic mass is 9.60. The molecule has 0 saturated heterocycles. The summed E-state index contributed by atoms with van der Waals surface area (Å²) in [4.78, 5) is 15.5. The predicted molar refractivity (Wildman–Crippen MR) is 300 cm³/mol. The molecule has 0 bridgehead atoms. The third-order valence-corrected chi connectivity index (χ3v) is 14.2. The summed E-state index contributed by atoms with van der Waals surface area (Å²) < 4.78 is 6.90. The highest BCUT2D eigenvalue weighted by molar-refractivity contribution is 6.69. The van der Waals surface area contributed by atoms with Crippen molar-refractivity contribution in [2.45, 2.75) is 0 Å². The molecule has 0 aliphatic carbocycles. The summed E-state index contributed by atoms with van der Waals surface area (Å²) in [5.74, 6) is 1.98. The number of benzene rings is 8. The van der Waals surface area contributed by atoms with Crippen LogP contribution in [0.2, 0.25) is 0 Å². The Bertz CT molecular complexity index is 3550. The van der Waals surface area contributed by atoms with Gasteiger partial charge in [-0.3, -0.25) is 0 Å². The van der Waals surface area contributed by atoms with Crippen LogP contribution in [0, 0.1) is 0 Å². The van der Waals surface area contributed by atoms with Gasteiger partial charge < -0.3 is 4.42 Å². The molecule has 10 aromatic rings. The van der Waals surface area contributed by atoms with Gasteiger partial charge in [0.15, 0.2) is 17.5 Å². The van der Waals surface area contributed by atoms with Crippen molar-refractivity contribution >= 4 is 214 Å². The molecular weight excluding hydrogens is 728 g/mol. The van der Waals surface area contributed by atoms with Gasteiger partial charge in [-0.15, -0.1) is 16.4 Å². The molecule has 0 atom stereocenters. The average Bonchev–Trinajstić information content (AvgIpc) is 3.63. The van der Waals surface area contributed by atoms with Crippen LogP contribution >= 0.6 is 0 Å². The number of hydrogen-bond donors (Lipinski definition) is 0. The number of para-hydroxylation sites is 1. The van der Waals surface area contributed by atoms with Gasteiger partial charge in [0.05, 0.1) is 0 Å². The van der Waals surface area contributed by atoms with Crippen molar-refractivity contribution in [2.24, 2.45) is 0 Å². The quantitative estimate of drug-likeness (QED) is 0.132. The third-order valence-electron chi connectivity index (χ3n) is 14.2. The van der Waals surface area contributed by atoms with Crippen LogP contribution in [-0.4, -0.2) is 109 Å². The van der Waals surface area contributed by atoms with Crippen LogP contribution in [0.3, 0.4) is 0 Å². The second-order valence-corrected chi connectivity index (χ2v) is 17.7. The van der Waals surface area contributed by atoms with Gasteiger partial charge in [0, 0.05) is 33.0 Å². The molecule has 2 heterocycles. The number of aromatic nitrogens is 3. The number of fused-ring (bicyclic) bond motifs is 9. The number of hydrogen-bond acceptors (Lipinski definition) is 4. The fourth-order valence-corrected chi connectivity index (χ4v) is 10.2. The standard InChI is InChI=1S/C45H39B12N3O/c46-24-12-20-22(13-25(24)47)31-33(27(49)15-28(50)35(31)51)32-23(20)14-26(48)30(36(32)52)19-8-4-7-18-21-11-17(9-10-29(21)61-42(18)19)44-58-43(16-5-2-1-3-6-16)59-45(60-44)34-37(53)39(55)41(57)40(56)38(34)54/h1-15H,46-57H2. The Morgan fingerprint density at radius 1 is 0.344 bits per heavy atom. The first-order valence-electron chi connectivity index (χ1n) is 21.5. The highest BCUT2D eigenvalue weighted by atomic mass is 16.3. The van der Waals surface area contributed by atoms with Crippen molar-refractivity contribution in [3.05, 3.63) is 91.0 Å². The summed E-state index contributed by atoms with van der Waals surface area (Å²) in [6.07, 6.45) is 0. The Labute approximate surface area is 367 Å². The lowest BCUT2D eigenvalue weighted by Gasteiger charge is -2.22. The molecule has 0 aliphatic heterocycles. The van der Waals surface area contributed by atoms with E-state index in [2.05, 4.69) is 167 Å². The van der Waals surface area contributed by atoms with E-state index < -0.39 is 0 Å². The minimum atomic E-state index is 0.637. The van der Waals surface area contributed by atoms with Crippen LogP contribution in [0.5, 0.6) is 0 Å². The number of nitrogens with zero attached hydrogens (tertiary/aromatic N) is 3. The Morgan fingerprint density at radius 2 is 0.934 bits per heavy atom. The smallest absolute Gasteiger partial charge is 0.164 e. The van der Waals surface area contributed by atoms with Gasteiger partial charge in [0.1, 0.15) is 105 Å². The Balaban J connectivity index is 1.20. The first-order valence-corrected chi connectivity index (χ1v) is 21.5. The molecule has 0 N–H and O–H groups in total. The minimum absolute atomic E-state index is 0.637. The molecule has 276 valence electrons. The fraction of sp³-hybridized carbons (Fsp3) is 0. The maximum absolute atomic E-state index is 6.90. The largest absolute Gasteiger partial charge is 0.455 e. The molecule has 0 unspecified atom stereocenters. The summed E-state index contributed by atoms with van der Waals surface area (Å²) >= 11 is 0. The van der Waals surface area contributed by atoms with Gasteiger partial charge in [0.2, 0.25) is 0 Å². The van der Waals surface area contributed by atoms with E-state index in [0.717, 1.165) is 44.2 Å². The molecule has 16 heteroatoms. The van der Waals surface area contributed by atoms with E-state index in [9.17, 15) is 0 Å². The monoisotopic (exact) mass is 769 g/mol. The maximum atomic E-state index is 6.90. The van der Waals surface area contributed by atoms with E-state index >= 15 is 0 Å². The van der Waals surface area contributed by atoms with Gasteiger partial charge in [-0.25, -0.2) is 15.0 Å². The highest BCUT2D eigenvalue weighted by Gasteiger charge is 2.23. The van der Waals surface area contributed by atoms with E-state index in [1.165, 1.54) is 103 Å². The van der Waals surface area contributed by atoms with Gasteiger partial charge in [-0.05, 0) is 56.1 Å². The normalized spacial score (nSPS) is 11.7. The Kier molecular flexibility index (Phi) is 9.25. The van der Waals surface area contributed by atoms with Gasteiger partial charge in [-0.1, -0.05) is 122 Å². The number of rotatable bonds is 4. The molecule has 10 rings (SSSR count). The topological polar surface area (TPSA) is 51.8 Å². The van der Waals surface area contributed by atoms with Gasteiger partial charge >= 0.3 is 0 Å². The molecule has 8 aromatic carbocycles. The molecule has 0 fully saturated rings. The van der Waals surface area contributed by atoms with Crippen molar-refractivity contribution in [2.75, 3.05) is 0 Å². The second-order valence-electron chi connectivity index (χ2n) is 17.7. The molecule has 0 spiro atoms. The lowest BCUT2D eigenvalue weighted by molar-refractivity contribution is 0.670. The van der Waals surface area contributed by atoms with Crippen LogP contribution in [0.25, 0.3) is 99.5 Å². The zero-order valence-electron chi connectivity index (χ0n) is 37.4.